The number of methoxy groups -OCH3 is 1. The second-order valence-electron chi connectivity index (χ2n) is 6.24. The third-order valence-electron chi connectivity index (χ3n) is 4.64. The molecule has 25 heavy (non-hydrogen) atoms. The molecule has 0 bridgehead atoms. The van der Waals surface area contributed by atoms with Gasteiger partial charge in [-0.2, -0.15) is 0 Å². The number of benzene rings is 1. The quantitative estimate of drug-likeness (QED) is 0.777. The van der Waals surface area contributed by atoms with Crippen molar-refractivity contribution in [2.45, 2.75) is 25.7 Å². The maximum atomic E-state index is 13.9. The van der Waals surface area contributed by atoms with E-state index in [1.807, 2.05) is 0 Å². The van der Waals surface area contributed by atoms with Crippen LogP contribution in [0.2, 0.25) is 0 Å². The molecule has 1 N–H and O–H groups in total. The lowest BCUT2D eigenvalue weighted by Crippen LogP contribution is -2.30. The van der Waals surface area contributed by atoms with Crippen molar-refractivity contribution < 1.29 is 18.7 Å². The molecule has 0 spiro atoms. The summed E-state index contributed by atoms with van der Waals surface area (Å²) in [6, 6.07) is 4.81. The van der Waals surface area contributed by atoms with Gasteiger partial charge in [-0.25, -0.2) is 9.37 Å². The third kappa shape index (κ3) is 3.98. The van der Waals surface area contributed by atoms with E-state index in [2.05, 4.69) is 26.2 Å². The first-order valence-corrected chi connectivity index (χ1v) is 8.90. The van der Waals surface area contributed by atoms with Crippen molar-refractivity contribution in [3.63, 3.8) is 0 Å². The lowest BCUT2D eigenvalue weighted by Gasteiger charge is -2.25. The zero-order valence-corrected chi connectivity index (χ0v) is 15.3. The Morgan fingerprint density at radius 3 is 2.56 bits per heavy atom. The van der Waals surface area contributed by atoms with Crippen molar-refractivity contribution in [1.29, 1.82) is 0 Å². The van der Waals surface area contributed by atoms with Crippen LogP contribution in [-0.2, 0) is 14.3 Å². The Morgan fingerprint density at radius 1 is 1.20 bits per heavy atom. The fourth-order valence-electron chi connectivity index (χ4n) is 3.23. The average Bonchev–Trinajstić information content (AvgIpc) is 2.60. The van der Waals surface area contributed by atoms with E-state index in [1.54, 1.807) is 12.1 Å². The highest BCUT2D eigenvalue weighted by atomic mass is 79.9. The van der Waals surface area contributed by atoms with Crippen molar-refractivity contribution in [2.24, 2.45) is 11.8 Å². The third-order valence-corrected chi connectivity index (χ3v) is 5.09. The van der Waals surface area contributed by atoms with E-state index in [4.69, 9.17) is 4.74 Å². The van der Waals surface area contributed by atoms with E-state index in [1.165, 1.54) is 19.4 Å². The maximum absolute atomic E-state index is 13.9. The molecule has 0 aliphatic heterocycles. The Balaban J connectivity index is 1.67. The van der Waals surface area contributed by atoms with E-state index in [0.717, 1.165) is 0 Å². The molecule has 1 saturated carbocycles. The van der Waals surface area contributed by atoms with Gasteiger partial charge in [-0.3, -0.25) is 9.59 Å². The average molecular weight is 409 g/mol. The molecule has 1 fully saturated rings. The maximum Gasteiger partial charge on any atom is 0.308 e. The molecule has 7 heteroatoms. The topological polar surface area (TPSA) is 68.3 Å². The summed E-state index contributed by atoms with van der Waals surface area (Å²) in [6.45, 7) is 0. The van der Waals surface area contributed by atoms with Crippen LogP contribution in [0.3, 0.4) is 0 Å². The zero-order chi connectivity index (χ0) is 18.0. The number of ether oxygens (including phenoxy) is 1. The van der Waals surface area contributed by atoms with Gasteiger partial charge in [0, 0.05) is 22.0 Å². The number of aromatic nitrogens is 1. The summed E-state index contributed by atoms with van der Waals surface area (Å²) >= 11 is 3.26. The van der Waals surface area contributed by atoms with Crippen LogP contribution in [0.5, 0.6) is 0 Å². The number of fused-ring (bicyclic) bond motifs is 1. The predicted molar refractivity (Wildman–Crippen MR) is 95.5 cm³/mol. The number of carbonyl (C=O) groups excluding carboxylic acids is 2. The summed E-state index contributed by atoms with van der Waals surface area (Å²) in [6.07, 6.45) is 3.99. The van der Waals surface area contributed by atoms with Crippen LogP contribution in [0, 0.1) is 17.7 Å². The van der Waals surface area contributed by atoms with Crippen LogP contribution in [0.4, 0.5) is 10.2 Å². The number of anilines is 1. The molecular formula is C18H18BrFN2O3. The number of carbonyl (C=O) groups is 2. The van der Waals surface area contributed by atoms with Crippen molar-refractivity contribution in [2.75, 3.05) is 12.4 Å². The van der Waals surface area contributed by atoms with Gasteiger partial charge in [0.05, 0.1) is 13.0 Å². The first-order valence-electron chi connectivity index (χ1n) is 8.11. The molecule has 0 radical (unpaired) electrons. The fraction of sp³-hybridized carbons (Fsp3) is 0.389. The number of pyridine rings is 1. The molecule has 1 amide bonds. The first kappa shape index (κ1) is 17.8. The van der Waals surface area contributed by atoms with E-state index in [-0.39, 0.29) is 29.5 Å². The van der Waals surface area contributed by atoms with Crippen LogP contribution in [0.15, 0.2) is 28.9 Å². The smallest absolute Gasteiger partial charge is 0.308 e. The Morgan fingerprint density at radius 2 is 1.88 bits per heavy atom. The number of amides is 1. The number of hydrogen-bond donors (Lipinski definition) is 1. The summed E-state index contributed by atoms with van der Waals surface area (Å²) in [5, 5.41) is 3.86. The molecule has 2 aromatic rings. The highest BCUT2D eigenvalue weighted by molar-refractivity contribution is 9.10. The van der Waals surface area contributed by atoms with E-state index in [0.29, 0.717) is 46.7 Å². The van der Waals surface area contributed by atoms with Gasteiger partial charge >= 0.3 is 5.97 Å². The standard InChI is InChI=1S/C18H18BrFN2O3/c1-25-18(24)11-4-2-10(3-5-11)17(23)22-16-7-12-6-13(19)8-15(20)14(12)9-21-16/h6-11H,2-5H2,1H3,(H,21,22,23)/t10-,11-. The van der Waals surface area contributed by atoms with Gasteiger partial charge in [0.1, 0.15) is 11.6 Å². The molecule has 5 nitrogen and oxygen atoms in total. The molecule has 1 aromatic carbocycles. The number of hydrogen-bond acceptors (Lipinski definition) is 4. The summed E-state index contributed by atoms with van der Waals surface area (Å²) in [5.74, 6) is -0.569. The van der Waals surface area contributed by atoms with Crippen LogP contribution < -0.4 is 5.32 Å². The van der Waals surface area contributed by atoms with Gasteiger partial charge in [0.2, 0.25) is 5.91 Å². The second kappa shape index (κ2) is 7.47. The molecule has 0 saturated heterocycles. The largest absolute Gasteiger partial charge is 0.469 e. The lowest BCUT2D eigenvalue weighted by atomic mass is 9.81. The predicted octanol–water partition coefficient (Wildman–Crippen LogP) is 4.05. The van der Waals surface area contributed by atoms with Gasteiger partial charge < -0.3 is 10.1 Å². The zero-order valence-electron chi connectivity index (χ0n) is 13.7. The van der Waals surface area contributed by atoms with Crippen molar-refractivity contribution in [3.05, 3.63) is 34.7 Å². The monoisotopic (exact) mass is 408 g/mol. The normalized spacial score (nSPS) is 20.3. The van der Waals surface area contributed by atoms with Gasteiger partial charge in [-0.1, -0.05) is 15.9 Å². The number of nitrogens with one attached hydrogen (secondary N) is 1. The molecule has 1 heterocycles. The van der Waals surface area contributed by atoms with Crippen LogP contribution in [-0.4, -0.2) is 24.0 Å². The Kier molecular flexibility index (Phi) is 5.32. The Labute approximate surface area is 153 Å². The first-order chi connectivity index (χ1) is 12.0. The molecule has 132 valence electrons. The molecule has 1 aliphatic carbocycles. The van der Waals surface area contributed by atoms with Crippen molar-refractivity contribution >= 4 is 44.4 Å². The Hall–Kier alpha value is -2.02. The van der Waals surface area contributed by atoms with Crippen LogP contribution in [0.1, 0.15) is 25.7 Å². The second-order valence-corrected chi connectivity index (χ2v) is 7.15. The number of esters is 1. The number of rotatable bonds is 3. The van der Waals surface area contributed by atoms with Gasteiger partial charge in [0.15, 0.2) is 0 Å². The highest BCUT2D eigenvalue weighted by Crippen LogP contribution is 2.31. The lowest BCUT2D eigenvalue weighted by molar-refractivity contribution is -0.147. The fourth-order valence-corrected chi connectivity index (χ4v) is 3.68. The van der Waals surface area contributed by atoms with Gasteiger partial charge in [-0.05, 0) is 49.3 Å². The number of nitrogens with zero attached hydrogens (tertiary/aromatic N) is 1. The minimum Gasteiger partial charge on any atom is -0.469 e. The van der Waals surface area contributed by atoms with E-state index >= 15 is 0 Å². The molecular weight excluding hydrogens is 391 g/mol. The van der Waals surface area contributed by atoms with Gasteiger partial charge in [-0.15, -0.1) is 0 Å². The van der Waals surface area contributed by atoms with Crippen molar-refractivity contribution in [1.82, 2.24) is 4.98 Å². The van der Waals surface area contributed by atoms with Crippen LogP contribution in [0.25, 0.3) is 10.8 Å². The van der Waals surface area contributed by atoms with E-state index < -0.39 is 0 Å². The Bertz CT molecular complexity index is 819. The summed E-state index contributed by atoms with van der Waals surface area (Å²) in [5.41, 5.74) is 0. The molecule has 0 atom stereocenters. The van der Waals surface area contributed by atoms with Crippen molar-refractivity contribution in [3.8, 4) is 0 Å². The highest BCUT2D eigenvalue weighted by Gasteiger charge is 2.30. The molecule has 1 aliphatic rings. The van der Waals surface area contributed by atoms with Gasteiger partial charge in [0.25, 0.3) is 0 Å². The minimum atomic E-state index is -0.365. The summed E-state index contributed by atoms with van der Waals surface area (Å²) < 4.78 is 19.3. The summed E-state index contributed by atoms with van der Waals surface area (Å²) in [7, 11) is 1.38. The SMILES string of the molecule is COC(=O)[C@H]1CC[C@H](C(=O)Nc2cc3cc(Br)cc(F)c3cn2)CC1. The molecule has 1 aromatic heterocycles. The molecule has 0 unspecified atom stereocenters. The minimum absolute atomic E-state index is 0.117. The van der Waals surface area contributed by atoms with E-state index in [9.17, 15) is 14.0 Å². The molecule has 3 rings (SSSR count). The van der Waals surface area contributed by atoms with Crippen LogP contribution >= 0.6 is 15.9 Å². The summed E-state index contributed by atoms with van der Waals surface area (Å²) in [4.78, 5) is 28.1. The number of halogens is 2.